The highest BCUT2D eigenvalue weighted by Gasteiger charge is 2.08. The van der Waals surface area contributed by atoms with Crippen LogP contribution in [-0.2, 0) is 6.54 Å². The molecule has 1 N–H and O–H groups in total. The Bertz CT molecular complexity index is 536. The molecule has 0 saturated heterocycles. The Morgan fingerprint density at radius 3 is 2.78 bits per heavy atom. The Balaban J connectivity index is 1.97. The molecule has 1 heterocycles. The summed E-state index contributed by atoms with van der Waals surface area (Å²) in [6.07, 6.45) is 1.92. The van der Waals surface area contributed by atoms with E-state index in [0.717, 1.165) is 22.1 Å². The van der Waals surface area contributed by atoms with E-state index in [1.807, 2.05) is 19.2 Å². The van der Waals surface area contributed by atoms with Gasteiger partial charge >= 0.3 is 0 Å². The average molecular weight is 281 g/mol. The lowest BCUT2D eigenvalue weighted by molar-refractivity contribution is 0.572. The summed E-state index contributed by atoms with van der Waals surface area (Å²) >= 11 is 7.85. The van der Waals surface area contributed by atoms with Gasteiger partial charge in [0.05, 0.1) is 6.04 Å². The van der Waals surface area contributed by atoms with Gasteiger partial charge in [0.25, 0.3) is 0 Å². The fourth-order valence-electron chi connectivity index (χ4n) is 1.68. The minimum Gasteiger partial charge on any atom is -0.304 e. The molecule has 1 aromatic carbocycles. The van der Waals surface area contributed by atoms with Gasteiger partial charge in [0, 0.05) is 22.6 Å². The van der Waals surface area contributed by atoms with Gasteiger partial charge in [0.1, 0.15) is 5.01 Å². The molecule has 0 aliphatic carbocycles. The highest BCUT2D eigenvalue weighted by Crippen LogP contribution is 2.20. The van der Waals surface area contributed by atoms with Crippen molar-refractivity contribution in [3.05, 3.63) is 50.4 Å². The molecule has 2 aromatic rings. The van der Waals surface area contributed by atoms with E-state index < -0.39 is 0 Å². The lowest BCUT2D eigenvalue weighted by Gasteiger charge is -2.11. The summed E-state index contributed by atoms with van der Waals surface area (Å²) in [7, 11) is 0. The quantitative estimate of drug-likeness (QED) is 0.905. The number of nitrogens with zero attached hydrogens (tertiary/aromatic N) is 1. The van der Waals surface area contributed by atoms with Crippen LogP contribution in [0.2, 0.25) is 5.02 Å². The van der Waals surface area contributed by atoms with E-state index in [0.29, 0.717) is 0 Å². The molecule has 0 saturated carbocycles. The van der Waals surface area contributed by atoms with Crippen molar-refractivity contribution in [2.24, 2.45) is 0 Å². The number of thiazole rings is 1. The van der Waals surface area contributed by atoms with Crippen molar-refractivity contribution in [1.82, 2.24) is 10.3 Å². The third-order valence-corrected chi connectivity index (χ3v) is 4.36. The predicted molar refractivity (Wildman–Crippen MR) is 78.3 cm³/mol. The lowest BCUT2D eigenvalue weighted by atomic mass is 10.1. The number of aromatic nitrogens is 1. The number of halogens is 1. The maximum atomic E-state index is 6.11. The van der Waals surface area contributed by atoms with E-state index in [-0.39, 0.29) is 6.04 Å². The second-order valence-corrected chi connectivity index (χ2v) is 6.17. The van der Waals surface area contributed by atoms with Crippen LogP contribution in [0, 0.1) is 13.8 Å². The van der Waals surface area contributed by atoms with Gasteiger partial charge in [-0.05, 0) is 38.0 Å². The van der Waals surface area contributed by atoms with Gasteiger partial charge in [-0.25, -0.2) is 4.98 Å². The van der Waals surface area contributed by atoms with E-state index in [1.54, 1.807) is 11.3 Å². The van der Waals surface area contributed by atoms with Crippen LogP contribution in [0.5, 0.6) is 0 Å². The average Bonchev–Trinajstić information content (AvgIpc) is 2.77. The fraction of sp³-hybridized carbons (Fsp3) is 0.357. The summed E-state index contributed by atoms with van der Waals surface area (Å²) in [6, 6.07) is 6.44. The Morgan fingerprint density at radius 2 is 2.17 bits per heavy atom. The first-order valence-corrected chi connectivity index (χ1v) is 7.16. The summed E-state index contributed by atoms with van der Waals surface area (Å²) < 4.78 is 0. The summed E-state index contributed by atoms with van der Waals surface area (Å²) in [5.41, 5.74) is 2.31. The van der Waals surface area contributed by atoms with Crippen LogP contribution in [0.4, 0.5) is 0 Å². The zero-order valence-corrected chi connectivity index (χ0v) is 12.4. The van der Waals surface area contributed by atoms with Gasteiger partial charge in [0.2, 0.25) is 0 Å². The maximum Gasteiger partial charge on any atom is 0.109 e. The number of nitrogens with one attached hydrogen (secondary N) is 1. The van der Waals surface area contributed by atoms with E-state index >= 15 is 0 Å². The monoisotopic (exact) mass is 280 g/mol. The molecule has 4 heteroatoms. The summed E-state index contributed by atoms with van der Waals surface area (Å²) in [5.74, 6) is 0. The highest BCUT2D eigenvalue weighted by atomic mass is 35.5. The highest BCUT2D eigenvalue weighted by molar-refractivity contribution is 7.11. The second kappa shape index (κ2) is 5.83. The Labute approximate surface area is 117 Å². The predicted octanol–water partition coefficient (Wildman–Crippen LogP) is 4.26. The van der Waals surface area contributed by atoms with Crippen LogP contribution in [0.15, 0.2) is 24.4 Å². The third kappa shape index (κ3) is 3.31. The molecule has 0 spiro atoms. The molecular formula is C14H17ClN2S. The van der Waals surface area contributed by atoms with Crippen molar-refractivity contribution in [3.63, 3.8) is 0 Å². The normalized spacial score (nSPS) is 12.7. The molecule has 0 fully saturated rings. The summed E-state index contributed by atoms with van der Waals surface area (Å²) in [5, 5.41) is 5.42. The largest absolute Gasteiger partial charge is 0.304 e. The molecule has 18 heavy (non-hydrogen) atoms. The van der Waals surface area contributed by atoms with Gasteiger partial charge in [-0.1, -0.05) is 23.7 Å². The Hall–Kier alpha value is -0.900. The number of rotatable bonds is 4. The van der Waals surface area contributed by atoms with E-state index in [4.69, 9.17) is 11.6 Å². The molecule has 0 bridgehead atoms. The van der Waals surface area contributed by atoms with E-state index in [2.05, 4.69) is 36.3 Å². The SMILES string of the molecule is Cc1cnc(C(C)NCc2ccc(C)c(Cl)c2)s1. The molecule has 1 unspecified atom stereocenters. The minimum atomic E-state index is 0.267. The summed E-state index contributed by atoms with van der Waals surface area (Å²) in [4.78, 5) is 5.64. The van der Waals surface area contributed by atoms with Crippen LogP contribution in [0.1, 0.15) is 34.0 Å². The zero-order valence-electron chi connectivity index (χ0n) is 10.8. The maximum absolute atomic E-state index is 6.11. The van der Waals surface area contributed by atoms with Crippen LogP contribution >= 0.6 is 22.9 Å². The van der Waals surface area contributed by atoms with E-state index in [1.165, 1.54) is 10.4 Å². The molecular weight excluding hydrogens is 264 g/mol. The van der Waals surface area contributed by atoms with Crippen molar-refractivity contribution in [2.75, 3.05) is 0 Å². The van der Waals surface area contributed by atoms with Crippen molar-refractivity contribution < 1.29 is 0 Å². The molecule has 0 aliphatic heterocycles. The first-order valence-electron chi connectivity index (χ1n) is 5.97. The molecule has 2 nitrogen and oxygen atoms in total. The van der Waals surface area contributed by atoms with Crippen LogP contribution < -0.4 is 5.32 Å². The smallest absolute Gasteiger partial charge is 0.109 e. The van der Waals surface area contributed by atoms with Crippen LogP contribution in [0.3, 0.4) is 0 Å². The number of hydrogen-bond acceptors (Lipinski definition) is 3. The molecule has 2 rings (SSSR count). The molecule has 1 aromatic heterocycles. The first-order chi connectivity index (χ1) is 8.56. The van der Waals surface area contributed by atoms with Crippen LogP contribution in [0.25, 0.3) is 0 Å². The standard InChI is InChI=1S/C14H17ClN2S/c1-9-4-5-12(6-13(9)15)8-16-11(3)14-17-7-10(2)18-14/h4-7,11,16H,8H2,1-3H3. The molecule has 0 radical (unpaired) electrons. The molecule has 1 atom stereocenters. The van der Waals surface area contributed by atoms with Gasteiger partial charge in [0.15, 0.2) is 0 Å². The Kier molecular flexibility index (Phi) is 4.38. The van der Waals surface area contributed by atoms with Crippen molar-refractivity contribution >= 4 is 22.9 Å². The van der Waals surface area contributed by atoms with Crippen molar-refractivity contribution in [1.29, 1.82) is 0 Å². The van der Waals surface area contributed by atoms with Crippen LogP contribution in [-0.4, -0.2) is 4.98 Å². The van der Waals surface area contributed by atoms with Crippen molar-refractivity contribution in [3.8, 4) is 0 Å². The number of benzene rings is 1. The van der Waals surface area contributed by atoms with E-state index in [9.17, 15) is 0 Å². The topological polar surface area (TPSA) is 24.9 Å². The Morgan fingerprint density at radius 1 is 1.39 bits per heavy atom. The minimum absolute atomic E-state index is 0.267. The van der Waals surface area contributed by atoms with Gasteiger partial charge < -0.3 is 5.32 Å². The third-order valence-electron chi connectivity index (χ3n) is 2.86. The van der Waals surface area contributed by atoms with Gasteiger partial charge in [-0.15, -0.1) is 11.3 Å². The zero-order chi connectivity index (χ0) is 13.1. The van der Waals surface area contributed by atoms with Gasteiger partial charge in [-0.2, -0.15) is 0 Å². The lowest BCUT2D eigenvalue weighted by Crippen LogP contribution is -2.17. The number of aryl methyl sites for hydroxylation is 2. The van der Waals surface area contributed by atoms with Crippen molar-refractivity contribution in [2.45, 2.75) is 33.4 Å². The molecule has 0 amide bonds. The second-order valence-electron chi connectivity index (χ2n) is 4.50. The molecule has 0 aliphatic rings. The molecule has 96 valence electrons. The first kappa shape index (κ1) is 13.5. The number of hydrogen-bond donors (Lipinski definition) is 1. The summed E-state index contributed by atoms with van der Waals surface area (Å²) in [6.45, 7) is 7.03. The van der Waals surface area contributed by atoms with Gasteiger partial charge in [-0.3, -0.25) is 0 Å². The fourth-order valence-corrected chi connectivity index (χ4v) is 2.68.